The molecule has 2 rings (SSSR count). The molecule has 0 aromatic heterocycles. The number of ether oxygens (including phenoxy) is 1. The van der Waals surface area contributed by atoms with E-state index in [0.717, 1.165) is 5.56 Å². The largest absolute Gasteiger partial charge is 0.454 e. The average Bonchev–Trinajstić information content (AvgIpc) is 2.32. The van der Waals surface area contributed by atoms with Crippen LogP contribution in [0, 0.1) is 11.7 Å². The molecule has 1 aromatic rings. The molecule has 0 radical (unpaired) electrons. The number of fused-ring (bicyclic) bond motifs is 1. The van der Waals surface area contributed by atoms with Crippen molar-refractivity contribution in [2.75, 3.05) is 0 Å². The van der Waals surface area contributed by atoms with Gasteiger partial charge in [-0.05, 0) is 30.0 Å². The molecule has 114 valence electrons. The number of carbonyl (C=O) groups is 1. The number of carbonyl (C=O) groups excluding carboxylic acids is 1. The van der Waals surface area contributed by atoms with Crippen molar-refractivity contribution in [2.24, 2.45) is 10.9 Å². The minimum Gasteiger partial charge on any atom is -0.454 e. The van der Waals surface area contributed by atoms with Gasteiger partial charge in [-0.15, -0.1) is 0 Å². The maximum Gasteiger partial charge on any atom is 0.303 e. The predicted molar refractivity (Wildman–Crippen MR) is 81.5 cm³/mol. The third-order valence-electron chi connectivity index (χ3n) is 4.12. The summed E-state index contributed by atoms with van der Waals surface area (Å²) in [6.07, 6.45) is 1.64. The smallest absolute Gasteiger partial charge is 0.303 e. The second-order valence-corrected chi connectivity index (χ2v) is 6.87. The lowest BCUT2D eigenvalue weighted by molar-refractivity contribution is -0.159. The first-order valence-electron chi connectivity index (χ1n) is 7.14. The van der Waals surface area contributed by atoms with Gasteiger partial charge < -0.3 is 4.74 Å². The molecule has 4 heteroatoms. The highest BCUT2D eigenvalue weighted by Gasteiger charge is 2.41. The quantitative estimate of drug-likeness (QED) is 0.725. The third-order valence-corrected chi connectivity index (χ3v) is 4.12. The summed E-state index contributed by atoms with van der Waals surface area (Å²) in [5.74, 6) is -0.880. The number of nitrogens with zero attached hydrogens (tertiary/aromatic N) is 1. The zero-order valence-electron chi connectivity index (χ0n) is 13.5. The molecular weight excluding hydrogens is 269 g/mol. The molecule has 0 spiro atoms. The van der Waals surface area contributed by atoms with Crippen molar-refractivity contribution in [3.8, 4) is 0 Å². The van der Waals surface area contributed by atoms with E-state index in [1.807, 2.05) is 40.7 Å². The zero-order chi connectivity index (χ0) is 16.0. The Morgan fingerprint density at radius 3 is 2.52 bits per heavy atom. The van der Waals surface area contributed by atoms with Crippen LogP contribution in [0.4, 0.5) is 10.1 Å². The Labute approximate surface area is 125 Å². The summed E-state index contributed by atoms with van der Waals surface area (Å²) in [6.45, 7) is 11.2. The minimum atomic E-state index is -0.898. The van der Waals surface area contributed by atoms with Crippen molar-refractivity contribution < 1.29 is 13.9 Å². The van der Waals surface area contributed by atoms with Crippen molar-refractivity contribution in [2.45, 2.75) is 52.6 Å². The molecule has 1 aromatic carbocycles. The Morgan fingerprint density at radius 2 is 2.00 bits per heavy atom. The first-order valence-corrected chi connectivity index (χ1v) is 7.14. The van der Waals surface area contributed by atoms with Gasteiger partial charge in [0.25, 0.3) is 0 Å². The summed E-state index contributed by atoms with van der Waals surface area (Å²) in [4.78, 5) is 15.7. The highest BCUT2D eigenvalue weighted by Crippen LogP contribution is 2.44. The van der Waals surface area contributed by atoms with Gasteiger partial charge in [-0.1, -0.05) is 27.7 Å². The van der Waals surface area contributed by atoms with E-state index >= 15 is 0 Å². The molecule has 0 amide bonds. The van der Waals surface area contributed by atoms with Crippen LogP contribution < -0.4 is 0 Å². The van der Waals surface area contributed by atoms with Crippen molar-refractivity contribution in [1.29, 1.82) is 0 Å². The van der Waals surface area contributed by atoms with E-state index in [1.165, 1.54) is 13.0 Å². The molecular formula is C17H22FNO2. The van der Waals surface area contributed by atoms with Crippen molar-refractivity contribution in [3.63, 3.8) is 0 Å². The van der Waals surface area contributed by atoms with Gasteiger partial charge in [0.15, 0.2) is 0 Å². The van der Waals surface area contributed by atoms with Crippen LogP contribution >= 0.6 is 0 Å². The standard InChI is InChI=1S/C17H22FNO2/c1-10-9-19-15-13(17(10,6)21-11(2)20)7-12(8-14(15)18)16(3,4)5/h7-10H,1-6H3. The van der Waals surface area contributed by atoms with Gasteiger partial charge in [-0.2, -0.15) is 0 Å². The summed E-state index contributed by atoms with van der Waals surface area (Å²) in [5, 5.41) is 0. The molecule has 0 aliphatic carbocycles. The highest BCUT2D eigenvalue weighted by atomic mass is 19.1. The Hall–Kier alpha value is -1.71. The van der Waals surface area contributed by atoms with E-state index in [2.05, 4.69) is 4.99 Å². The summed E-state index contributed by atoms with van der Waals surface area (Å²) in [6, 6.07) is 3.43. The van der Waals surface area contributed by atoms with E-state index in [1.54, 1.807) is 6.21 Å². The van der Waals surface area contributed by atoms with Crippen LogP contribution in [0.5, 0.6) is 0 Å². The number of halogens is 1. The molecule has 3 nitrogen and oxygen atoms in total. The molecule has 2 atom stereocenters. The Kier molecular flexibility index (Phi) is 3.68. The van der Waals surface area contributed by atoms with Crippen LogP contribution in [-0.2, 0) is 20.5 Å². The van der Waals surface area contributed by atoms with E-state index in [9.17, 15) is 9.18 Å². The number of benzene rings is 1. The Balaban J connectivity index is 2.69. The summed E-state index contributed by atoms with van der Waals surface area (Å²) >= 11 is 0. The zero-order valence-corrected chi connectivity index (χ0v) is 13.5. The Morgan fingerprint density at radius 1 is 1.38 bits per heavy atom. The fourth-order valence-corrected chi connectivity index (χ4v) is 2.56. The lowest BCUT2D eigenvalue weighted by Crippen LogP contribution is -2.38. The molecule has 21 heavy (non-hydrogen) atoms. The van der Waals surface area contributed by atoms with Crippen LogP contribution in [-0.4, -0.2) is 12.2 Å². The van der Waals surface area contributed by atoms with Gasteiger partial charge >= 0.3 is 5.97 Å². The topological polar surface area (TPSA) is 38.7 Å². The van der Waals surface area contributed by atoms with Crippen LogP contribution in [0.2, 0.25) is 0 Å². The molecule has 1 heterocycles. The van der Waals surface area contributed by atoms with Gasteiger partial charge in [-0.25, -0.2) is 4.39 Å². The second kappa shape index (κ2) is 4.93. The molecule has 0 N–H and O–H groups in total. The van der Waals surface area contributed by atoms with Crippen LogP contribution in [0.25, 0.3) is 0 Å². The van der Waals surface area contributed by atoms with E-state index in [4.69, 9.17) is 4.74 Å². The van der Waals surface area contributed by atoms with E-state index < -0.39 is 5.60 Å². The predicted octanol–water partition coefficient (Wildman–Crippen LogP) is 4.25. The average molecular weight is 291 g/mol. The van der Waals surface area contributed by atoms with Gasteiger partial charge in [0.2, 0.25) is 0 Å². The lowest BCUT2D eigenvalue weighted by atomic mass is 9.77. The normalized spacial score (nSPS) is 24.6. The number of aliphatic imine (C=N–C) groups is 1. The van der Waals surface area contributed by atoms with Crippen LogP contribution in [0.15, 0.2) is 17.1 Å². The maximum absolute atomic E-state index is 14.4. The maximum atomic E-state index is 14.4. The number of esters is 1. The second-order valence-electron chi connectivity index (χ2n) is 6.87. The van der Waals surface area contributed by atoms with E-state index in [-0.39, 0.29) is 28.8 Å². The van der Waals surface area contributed by atoms with Gasteiger partial charge in [0, 0.05) is 24.6 Å². The highest BCUT2D eigenvalue weighted by molar-refractivity contribution is 5.76. The van der Waals surface area contributed by atoms with Gasteiger partial charge in [-0.3, -0.25) is 9.79 Å². The molecule has 0 fully saturated rings. The van der Waals surface area contributed by atoms with Crippen molar-refractivity contribution in [3.05, 3.63) is 29.1 Å². The van der Waals surface area contributed by atoms with Crippen molar-refractivity contribution in [1.82, 2.24) is 0 Å². The molecule has 0 saturated heterocycles. The minimum absolute atomic E-state index is 0.122. The van der Waals surface area contributed by atoms with Gasteiger partial charge in [0.1, 0.15) is 17.1 Å². The van der Waals surface area contributed by atoms with E-state index in [0.29, 0.717) is 5.56 Å². The first kappa shape index (κ1) is 15.7. The fourth-order valence-electron chi connectivity index (χ4n) is 2.56. The monoisotopic (exact) mass is 291 g/mol. The van der Waals surface area contributed by atoms with Crippen molar-refractivity contribution >= 4 is 17.9 Å². The fraction of sp³-hybridized carbons (Fsp3) is 0.529. The Bertz CT molecular complexity index is 616. The first-order chi connectivity index (χ1) is 9.55. The number of hydrogen-bond acceptors (Lipinski definition) is 3. The number of rotatable bonds is 1. The summed E-state index contributed by atoms with van der Waals surface area (Å²) < 4.78 is 20.0. The van der Waals surface area contributed by atoms with Crippen LogP contribution in [0.3, 0.4) is 0 Å². The molecule has 2 unspecified atom stereocenters. The lowest BCUT2D eigenvalue weighted by Gasteiger charge is -2.37. The molecule has 0 bridgehead atoms. The third kappa shape index (κ3) is 2.71. The molecule has 1 aliphatic rings. The molecule has 1 aliphatic heterocycles. The van der Waals surface area contributed by atoms with Gasteiger partial charge in [0.05, 0.1) is 0 Å². The van der Waals surface area contributed by atoms with Crippen LogP contribution in [0.1, 0.15) is 52.7 Å². The number of hydrogen-bond donors (Lipinski definition) is 0. The SMILES string of the molecule is CC(=O)OC1(C)c2cc(C(C)(C)C)cc(F)c2N=CC1C. The summed E-state index contributed by atoms with van der Waals surface area (Å²) in [5.41, 5.74) is 0.673. The molecule has 0 saturated carbocycles. The summed E-state index contributed by atoms with van der Waals surface area (Å²) in [7, 11) is 0.